The Morgan fingerprint density at radius 3 is 1.90 bits per heavy atom. The van der Waals surface area contributed by atoms with Gasteiger partial charge in [0.2, 0.25) is 0 Å². The van der Waals surface area contributed by atoms with Crippen molar-refractivity contribution in [3.05, 3.63) is 29.6 Å². The average molecular weight is 426 g/mol. The summed E-state index contributed by atoms with van der Waals surface area (Å²) in [6, 6.07) is 4.73. The van der Waals surface area contributed by atoms with Crippen molar-refractivity contribution in [2.45, 2.75) is 142 Å². The molecule has 1 aromatic rings. The van der Waals surface area contributed by atoms with E-state index in [9.17, 15) is 0 Å². The molecule has 31 heavy (non-hydrogen) atoms. The van der Waals surface area contributed by atoms with E-state index in [1.165, 1.54) is 133 Å². The lowest BCUT2D eigenvalue weighted by Gasteiger charge is -2.38. The average Bonchev–Trinajstić information content (AvgIpc) is 2.83. The van der Waals surface area contributed by atoms with Crippen LogP contribution < -0.4 is 0 Å². The molecule has 0 amide bonds. The molecule has 0 aliphatic heterocycles. The molecule has 0 atom stereocenters. The summed E-state index contributed by atoms with van der Waals surface area (Å²) in [6.45, 7) is 4.61. The molecular weight excluding hydrogens is 374 g/mol. The summed E-state index contributed by atoms with van der Waals surface area (Å²) < 4.78 is 0. The van der Waals surface area contributed by atoms with Crippen LogP contribution in [0.4, 0.5) is 0 Å². The first kappa shape index (κ1) is 24.8. The quantitative estimate of drug-likeness (QED) is 0.287. The first-order valence-corrected chi connectivity index (χ1v) is 14.2. The van der Waals surface area contributed by atoms with Gasteiger partial charge in [-0.15, -0.1) is 0 Å². The highest BCUT2D eigenvalue weighted by atomic mass is 14.7. The van der Waals surface area contributed by atoms with E-state index in [0.29, 0.717) is 0 Å². The third-order valence-electron chi connectivity index (χ3n) is 8.63. The molecular formula is C30H51N. The minimum Gasteiger partial charge on any atom is -0.261 e. The first-order chi connectivity index (χ1) is 15.3. The molecule has 0 aromatic carbocycles. The van der Waals surface area contributed by atoms with Crippen molar-refractivity contribution in [3.63, 3.8) is 0 Å². The van der Waals surface area contributed by atoms with Crippen LogP contribution in [0.5, 0.6) is 0 Å². The van der Waals surface area contributed by atoms with Crippen LogP contribution in [0.1, 0.15) is 147 Å². The minimum atomic E-state index is 0.727. The Morgan fingerprint density at radius 1 is 0.677 bits per heavy atom. The molecule has 0 spiro atoms. The van der Waals surface area contributed by atoms with E-state index < -0.39 is 0 Å². The number of aromatic nitrogens is 1. The lowest BCUT2D eigenvalue weighted by Crippen LogP contribution is -2.25. The zero-order chi connectivity index (χ0) is 21.7. The summed E-state index contributed by atoms with van der Waals surface area (Å²) in [5.41, 5.74) is 2.82. The minimum absolute atomic E-state index is 0.727. The molecule has 0 unspecified atom stereocenters. The van der Waals surface area contributed by atoms with Crippen LogP contribution in [0.15, 0.2) is 18.3 Å². The smallest absolute Gasteiger partial charge is 0.0434 e. The maximum absolute atomic E-state index is 4.91. The molecule has 2 saturated carbocycles. The topological polar surface area (TPSA) is 12.9 Å². The van der Waals surface area contributed by atoms with Gasteiger partial charge in [-0.3, -0.25) is 4.98 Å². The SMILES string of the molecule is CCCCCCCc1ccc(C2CCC(C3CCC(CCCCCC)CC3)CC2)nc1. The summed E-state index contributed by atoms with van der Waals surface area (Å²) in [5, 5.41) is 0. The Kier molecular flexibility index (Phi) is 11.5. The van der Waals surface area contributed by atoms with E-state index in [0.717, 1.165) is 23.7 Å². The molecule has 1 heteroatoms. The second kappa shape index (κ2) is 14.3. The number of aryl methyl sites for hydroxylation is 1. The highest BCUT2D eigenvalue weighted by molar-refractivity contribution is 5.17. The maximum atomic E-state index is 4.91. The Bertz CT molecular complexity index is 561. The van der Waals surface area contributed by atoms with Gasteiger partial charge in [0.1, 0.15) is 0 Å². The van der Waals surface area contributed by atoms with Crippen molar-refractivity contribution in [1.29, 1.82) is 0 Å². The monoisotopic (exact) mass is 425 g/mol. The Morgan fingerprint density at radius 2 is 1.29 bits per heavy atom. The molecule has 3 rings (SSSR count). The molecule has 1 aromatic heterocycles. The lowest BCUT2D eigenvalue weighted by atomic mass is 9.68. The van der Waals surface area contributed by atoms with Crippen molar-refractivity contribution in [3.8, 4) is 0 Å². The van der Waals surface area contributed by atoms with Crippen LogP contribution in [0.3, 0.4) is 0 Å². The van der Waals surface area contributed by atoms with Gasteiger partial charge in [-0.05, 0) is 80.8 Å². The van der Waals surface area contributed by atoms with Crippen LogP contribution in [0.25, 0.3) is 0 Å². The van der Waals surface area contributed by atoms with Crippen molar-refractivity contribution in [2.75, 3.05) is 0 Å². The van der Waals surface area contributed by atoms with E-state index in [2.05, 4.69) is 32.2 Å². The lowest BCUT2D eigenvalue weighted by molar-refractivity contribution is 0.155. The van der Waals surface area contributed by atoms with Gasteiger partial charge < -0.3 is 0 Å². The van der Waals surface area contributed by atoms with Gasteiger partial charge in [0.25, 0.3) is 0 Å². The van der Waals surface area contributed by atoms with E-state index in [-0.39, 0.29) is 0 Å². The molecule has 2 aliphatic carbocycles. The van der Waals surface area contributed by atoms with E-state index >= 15 is 0 Å². The van der Waals surface area contributed by atoms with Gasteiger partial charge in [-0.1, -0.05) is 90.5 Å². The maximum Gasteiger partial charge on any atom is 0.0434 e. The fourth-order valence-electron chi connectivity index (χ4n) is 6.45. The predicted molar refractivity (Wildman–Crippen MR) is 136 cm³/mol. The molecule has 176 valence electrons. The van der Waals surface area contributed by atoms with Crippen molar-refractivity contribution >= 4 is 0 Å². The van der Waals surface area contributed by atoms with E-state index in [1.807, 2.05) is 0 Å². The number of hydrogen-bond acceptors (Lipinski definition) is 1. The van der Waals surface area contributed by atoms with Gasteiger partial charge >= 0.3 is 0 Å². The summed E-state index contributed by atoms with van der Waals surface area (Å²) >= 11 is 0. The molecule has 0 bridgehead atoms. The molecule has 1 heterocycles. The van der Waals surface area contributed by atoms with Crippen LogP contribution in [-0.4, -0.2) is 4.98 Å². The van der Waals surface area contributed by atoms with Crippen LogP contribution in [0, 0.1) is 17.8 Å². The van der Waals surface area contributed by atoms with Crippen molar-refractivity contribution in [2.24, 2.45) is 17.8 Å². The Hall–Kier alpha value is -0.850. The predicted octanol–water partition coefficient (Wildman–Crippen LogP) is 9.65. The van der Waals surface area contributed by atoms with Crippen molar-refractivity contribution < 1.29 is 0 Å². The molecule has 0 saturated heterocycles. The second-order valence-corrected chi connectivity index (χ2v) is 11.0. The molecule has 2 fully saturated rings. The zero-order valence-corrected chi connectivity index (χ0v) is 20.9. The normalized spacial score (nSPS) is 26.8. The summed E-state index contributed by atoms with van der Waals surface area (Å²) in [6.07, 6.45) is 29.3. The Balaban J connectivity index is 1.32. The molecule has 0 N–H and O–H groups in total. The highest BCUT2D eigenvalue weighted by Crippen LogP contribution is 2.44. The van der Waals surface area contributed by atoms with Crippen LogP contribution >= 0.6 is 0 Å². The number of rotatable bonds is 13. The van der Waals surface area contributed by atoms with Crippen molar-refractivity contribution in [1.82, 2.24) is 4.98 Å². The van der Waals surface area contributed by atoms with E-state index in [4.69, 9.17) is 4.98 Å². The third kappa shape index (κ3) is 8.54. The summed E-state index contributed by atoms with van der Waals surface area (Å²) in [4.78, 5) is 4.91. The van der Waals surface area contributed by atoms with Gasteiger partial charge in [-0.2, -0.15) is 0 Å². The van der Waals surface area contributed by atoms with Gasteiger partial charge in [0, 0.05) is 17.8 Å². The second-order valence-electron chi connectivity index (χ2n) is 11.0. The third-order valence-corrected chi connectivity index (χ3v) is 8.63. The Labute approximate surface area is 194 Å². The number of hydrogen-bond donors (Lipinski definition) is 0. The molecule has 0 radical (unpaired) electrons. The highest BCUT2D eigenvalue weighted by Gasteiger charge is 2.31. The van der Waals surface area contributed by atoms with Gasteiger partial charge in [0.05, 0.1) is 0 Å². The number of unbranched alkanes of at least 4 members (excludes halogenated alkanes) is 7. The fraction of sp³-hybridized carbons (Fsp3) is 0.833. The first-order valence-electron chi connectivity index (χ1n) is 14.2. The van der Waals surface area contributed by atoms with Gasteiger partial charge in [0.15, 0.2) is 0 Å². The summed E-state index contributed by atoms with van der Waals surface area (Å²) in [7, 11) is 0. The fourth-order valence-corrected chi connectivity index (χ4v) is 6.45. The largest absolute Gasteiger partial charge is 0.261 e. The molecule has 1 nitrogen and oxygen atoms in total. The zero-order valence-electron chi connectivity index (χ0n) is 20.9. The molecule has 2 aliphatic rings. The van der Waals surface area contributed by atoms with E-state index in [1.54, 1.807) is 0 Å². The standard InChI is InChI=1S/C30H51N/c1-3-5-7-9-11-13-26-16-23-30(31-24-26)29-21-19-28(20-22-29)27-17-14-25(15-18-27)12-10-8-6-4-2/h16,23-25,27-29H,3-15,17-22H2,1-2H3. The van der Waals surface area contributed by atoms with Crippen LogP contribution in [0.2, 0.25) is 0 Å². The van der Waals surface area contributed by atoms with Crippen LogP contribution in [-0.2, 0) is 6.42 Å². The summed E-state index contributed by atoms with van der Waals surface area (Å²) in [5.74, 6) is 3.83. The van der Waals surface area contributed by atoms with Gasteiger partial charge in [-0.25, -0.2) is 0 Å². The number of pyridine rings is 1. The number of nitrogens with zero attached hydrogens (tertiary/aromatic N) is 1.